The first-order valence-electron chi connectivity index (χ1n) is 4.30. The Balaban J connectivity index is 2.17. The smallest absolute Gasteiger partial charge is 0.275 e. The molecule has 0 atom stereocenters. The van der Waals surface area contributed by atoms with Crippen molar-refractivity contribution in [2.75, 3.05) is 6.54 Å². The fourth-order valence-electron chi connectivity index (χ4n) is 1.13. The lowest BCUT2D eigenvalue weighted by Gasteiger charge is -2.01. The van der Waals surface area contributed by atoms with Crippen LogP contribution in [0.4, 0.5) is 4.79 Å². The van der Waals surface area contributed by atoms with Crippen molar-refractivity contribution in [2.45, 2.75) is 12.8 Å². The average molecular weight is 195 g/mol. The van der Waals surface area contributed by atoms with Gasteiger partial charge in [0.25, 0.3) is 5.24 Å². The van der Waals surface area contributed by atoms with Crippen molar-refractivity contribution >= 4 is 17.9 Å². The van der Waals surface area contributed by atoms with Gasteiger partial charge in [-0.25, -0.2) is 0 Å². The summed E-state index contributed by atoms with van der Waals surface area (Å²) >= 11 is 3.61. The average Bonchev–Trinajstić information content (AvgIpc) is 2.14. The lowest BCUT2D eigenvalue weighted by atomic mass is 10.1. The van der Waals surface area contributed by atoms with E-state index in [-0.39, 0.29) is 5.24 Å². The van der Waals surface area contributed by atoms with Crippen molar-refractivity contribution in [3.05, 3.63) is 35.9 Å². The van der Waals surface area contributed by atoms with Gasteiger partial charge in [-0.05, 0) is 18.4 Å². The fraction of sp³-hybridized carbons (Fsp3) is 0.300. The molecule has 0 radical (unpaired) electrons. The predicted molar refractivity (Wildman–Crippen MR) is 57.1 cm³/mol. The summed E-state index contributed by atoms with van der Waals surface area (Å²) in [5.41, 5.74) is 1.30. The highest BCUT2D eigenvalue weighted by Crippen LogP contribution is 2.01. The van der Waals surface area contributed by atoms with Crippen molar-refractivity contribution < 1.29 is 4.79 Å². The van der Waals surface area contributed by atoms with Crippen LogP contribution < -0.4 is 5.32 Å². The van der Waals surface area contributed by atoms with Gasteiger partial charge in [0.1, 0.15) is 0 Å². The summed E-state index contributed by atoms with van der Waals surface area (Å²) in [6, 6.07) is 10.2. The summed E-state index contributed by atoms with van der Waals surface area (Å²) in [5, 5.41) is 2.38. The van der Waals surface area contributed by atoms with E-state index in [2.05, 4.69) is 30.1 Å². The number of rotatable bonds is 4. The fourth-order valence-corrected chi connectivity index (χ4v) is 1.24. The van der Waals surface area contributed by atoms with Gasteiger partial charge < -0.3 is 5.32 Å². The van der Waals surface area contributed by atoms with Gasteiger partial charge in [-0.3, -0.25) is 4.79 Å². The molecule has 0 saturated carbocycles. The van der Waals surface area contributed by atoms with E-state index in [9.17, 15) is 4.79 Å². The molecule has 0 unspecified atom stereocenters. The molecule has 70 valence electrons. The maximum absolute atomic E-state index is 10.4. The monoisotopic (exact) mass is 195 g/mol. The van der Waals surface area contributed by atoms with Crippen LogP contribution in [0.1, 0.15) is 12.0 Å². The number of benzene rings is 1. The lowest BCUT2D eigenvalue weighted by molar-refractivity contribution is 0.261. The molecule has 1 N–H and O–H groups in total. The molecule has 0 heterocycles. The Morgan fingerprint density at radius 3 is 2.62 bits per heavy atom. The van der Waals surface area contributed by atoms with Crippen molar-refractivity contribution in [3.8, 4) is 0 Å². The van der Waals surface area contributed by atoms with Crippen LogP contribution in [0.25, 0.3) is 0 Å². The topological polar surface area (TPSA) is 29.1 Å². The molecule has 13 heavy (non-hydrogen) atoms. The van der Waals surface area contributed by atoms with E-state index in [4.69, 9.17) is 0 Å². The third-order valence-electron chi connectivity index (χ3n) is 1.76. The number of carbonyl (C=O) groups is 1. The van der Waals surface area contributed by atoms with Crippen LogP contribution in [0.3, 0.4) is 0 Å². The summed E-state index contributed by atoms with van der Waals surface area (Å²) in [7, 11) is 0. The Kier molecular flexibility index (Phi) is 4.40. The molecule has 1 aromatic rings. The van der Waals surface area contributed by atoms with Gasteiger partial charge in [0.15, 0.2) is 0 Å². The zero-order valence-corrected chi connectivity index (χ0v) is 8.26. The highest BCUT2D eigenvalue weighted by molar-refractivity contribution is 7.96. The second-order valence-corrected chi connectivity index (χ2v) is 3.23. The van der Waals surface area contributed by atoms with Gasteiger partial charge >= 0.3 is 0 Å². The number of nitrogens with one attached hydrogen (secondary N) is 1. The minimum absolute atomic E-state index is 0.256. The van der Waals surface area contributed by atoms with Crippen LogP contribution in [0.5, 0.6) is 0 Å². The van der Waals surface area contributed by atoms with Crippen LogP contribution in [0, 0.1) is 0 Å². The molecule has 1 aromatic carbocycles. The molecule has 1 rings (SSSR count). The maximum Gasteiger partial charge on any atom is 0.275 e. The first-order valence-corrected chi connectivity index (χ1v) is 4.74. The van der Waals surface area contributed by atoms with Gasteiger partial charge in [0, 0.05) is 6.54 Å². The quantitative estimate of drug-likeness (QED) is 0.560. The number of thiol groups is 1. The largest absolute Gasteiger partial charge is 0.347 e. The van der Waals surface area contributed by atoms with Crippen LogP contribution in [-0.2, 0) is 6.42 Å². The molecule has 0 aliphatic heterocycles. The molecular formula is C10H13NOS. The summed E-state index contributed by atoms with van der Waals surface area (Å²) in [6.07, 6.45) is 1.95. The van der Waals surface area contributed by atoms with Gasteiger partial charge in [-0.2, -0.15) is 0 Å². The molecule has 0 spiro atoms. The van der Waals surface area contributed by atoms with Gasteiger partial charge in [-0.1, -0.05) is 43.0 Å². The van der Waals surface area contributed by atoms with Gasteiger partial charge in [-0.15, -0.1) is 0 Å². The maximum atomic E-state index is 10.4. The molecule has 1 amide bonds. The first-order chi connectivity index (χ1) is 6.29. The van der Waals surface area contributed by atoms with E-state index < -0.39 is 0 Å². The summed E-state index contributed by atoms with van der Waals surface area (Å²) in [6.45, 7) is 0.692. The Bertz CT molecular complexity index is 261. The minimum atomic E-state index is -0.256. The molecule has 0 bridgehead atoms. The standard InChI is InChI=1S/C10H13NOS/c12-10(13)11-8-4-7-9-5-2-1-3-6-9/h1-3,5-6H,4,7-8H2,(H2,11,12,13). The molecular weight excluding hydrogens is 182 g/mol. The molecule has 0 aromatic heterocycles. The van der Waals surface area contributed by atoms with E-state index in [1.165, 1.54) is 5.56 Å². The Morgan fingerprint density at radius 2 is 2.00 bits per heavy atom. The third kappa shape index (κ3) is 4.58. The van der Waals surface area contributed by atoms with Crippen molar-refractivity contribution in [2.24, 2.45) is 0 Å². The number of carbonyl (C=O) groups excluding carboxylic acids is 1. The Hall–Kier alpha value is -0.960. The Labute approximate surface area is 83.8 Å². The van der Waals surface area contributed by atoms with E-state index in [1.54, 1.807) is 0 Å². The van der Waals surface area contributed by atoms with Crippen molar-refractivity contribution in [1.29, 1.82) is 0 Å². The number of hydrogen-bond acceptors (Lipinski definition) is 1. The number of amides is 1. The Morgan fingerprint density at radius 1 is 1.31 bits per heavy atom. The van der Waals surface area contributed by atoms with Crippen molar-refractivity contribution in [3.63, 3.8) is 0 Å². The first kappa shape index (κ1) is 10.1. The summed E-state index contributed by atoms with van der Waals surface area (Å²) in [4.78, 5) is 10.4. The highest BCUT2D eigenvalue weighted by atomic mass is 32.1. The minimum Gasteiger partial charge on any atom is -0.347 e. The third-order valence-corrected chi connectivity index (χ3v) is 1.92. The van der Waals surface area contributed by atoms with Crippen LogP contribution in [-0.4, -0.2) is 11.8 Å². The molecule has 0 fully saturated rings. The normalized spacial score (nSPS) is 9.62. The summed E-state index contributed by atoms with van der Waals surface area (Å²) < 4.78 is 0. The van der Waals surface area contributed by atoms with E-state index in [1.807, 2.05) is 18.2 Å². The zero-order valence-electron chi connectivity index (χ0n) is 7.36. The van der Waals surface area contributed by atoms with Crippen LogP contribution in [0.15, 0.2) is 30.3 Å². The van der Waals surface area contributed by atoms with E-state index in [0.717, 1.165) is 12.8 Å². The van der Waals surface area contributed by atoms with Crippen LogP contribution >= 0.6 is 12.6 Å². The second-order valence-electron chi connectivity index (χ2n) is 2.82. The molecule has 2 nitrogen and oxygen atoms in total. The summed E-state index contributed by atoms with van der Waals surface area (Å²) in [5.74, 6) is 0. The SMILES string of the molecule is O=C(S)NCCCc1ccccc1. The zero-order chi connectivity index (χ0) is 9.52. The van der Waals surface area contributed by atoms with Crippen LogP contribution in [0.2, 0.25) is 0 Å². The van der Waals surface area contributed by atoms with E-state index in [0.29, 0.717) is 6.54 Å². The molecule has 0 aliphatic carbocycles. The second kappa shape index (κ2) is 5.65. The molecule has 3 heteroatoms. The highest BCUT2D eigenvalue weighted by Gasteiger charge is 1.93. The number of aryl methyl sites for hydroxylation is 1. The van der Waals surface area contributed by atoms with E-state index >= 15 is 0 Å². The molecule has 0 saturated heterocycles. The van der Waals surface area contributed by atoms with Crippen molar-refractivity contribution in [1.82, 2.24) is 5.32 Å². The molecule has 0 aliphatic rings. The van der Waals surface area contributed by atoms with Gasteiger partial charge in [0.05, 0.1) is 0 Å². The lowest BCUT2D eigenvalue weighted by Crippen LogP contribution is -2.18. The number of hydrogen-bond donors (Lipinski definition) is 2. The van der Waals surface area contributed by atoms with Gasteiger partial charge in [0.2, 0.25) is 0 Å². The predicted octanol–water partition coefficient (Wildman–Crippen LogP) is 2.26.